The zero-order valence-electron chi connectivity index (χ0n) is 7.27. The summed E-state index contributed by atoms with van der Waals surface area (Å²) in [4.78, 5) is 0. The molecular weight excluding hydrogens is 209 g/mol. The summed E-state index contributed by atoms with van der Waals surface area (Å²) in [7, 11) is 0. The molecule has 0 fully saturated rings. The summed E-state index contributed by atoms with van der Waals surface area (Å²) in [5.74, 6) is -0.223. The lowest BCUT2D eigenvalue weighted by molar-refractivity contribution is 0.317. The van der Waals surface area contributed by atoms with Gasteiger partial charge >= 0.3 is 0 Å². The number of hydrogen-bond acceptors (Lipinski definition) is 3. The van der Waals surface area contributed by atoms with E-state index in [4.69, 9.17) is 10.9 Å². The van der Waals surface area contributed by atoms with Crippen LogP contribution >= 0.6 is 12.4 Å². The minimum atomic E-state index is -0.297. The lowest BCUT2D eigenvalue weighted by Gasteiger charge is -2.03. The van der Waals surface area contributed by atoms with Gasteiger partial charge in [0.25, 0.3) is 0 Å². The summed E-state index contributed by atoms with van der Waals surface area (Å²) in [6.07, 6.45) is 0. The van der Waals surface area contributed by atoms with Gasteiger partial charge in [-0.3, -0.25) is 0 Å². The largest absolute Gasteiger partial charge is 0.409 e. The van der Waals surface area contributed by atoms with E-state index in [1.165, 1.54) is 12.1 Å². The molecule has 0 spiro atoms. The van der Waals surface area contributed by atoms with E-state index < -0.39 is 0 Å². The molecule has 0 aliphatic heterocycles. The van der Waals surface area contributed by atoms with Crippen molar-refractivity contribution >= 4 is 23.9 Å². The monoisotopic (exact) mass is 219 g/mol. The third kappa shape index (κ3) is 3.95. The second-order valence-corrected chi connectivity index (χ2v) is 2.45. The number of nitrogens with one attached hydrogen (secondary N) is 1. The van der Waals surface area contributed by atoms with Crippen molar-refractivity contribution in [1.29, 1.82) is 0 Å². The van der Waals surface area contributed by atoms with Gasteiger partial charge in [-0.2, -0.15) is 0 Å². The topological polar surface area (TPSA) is 70.6 Å². The molecule has 0 aliphatic rings. The van der Waals surface area contributed by atoms with E-state index in [1.807, 2.05) is 0 Å². The quantitative estimate of drug-likeness (QED) is 0.312. The van der Waals surface area contributed by atoms with E-state index in [1.54, 1.807) is 12.1 Å². The van der Waals surface area contributed by atoms with Crippen molar-refractivity contribution in [1.82, 2.24) is 0 Å². The second-order valence-electron chi connectivity index (χ2n) is 2.45. The van der Waals surface area contributed by atoms with Crippen LogP contribution < -0.4 is 11.1 Å². The summed E-state index contributed by atoms with van der Waals surface area (Å²) in [5.41, 5.74) is 5.93. The summed E-state index contributed by atoms with van der Waals surface area (Å²) in [6.45, 7) is 0.224. The molecule has 1 aromatic rings. The molecule has 4 nitrogen and oxygen atoms in total. The van der Waals surface area contributed by atoms with E-state index in [9.17, 15) is 4.39 Å². The SMILES string of the molecule is Cl.NC(CNc1ccc(F)cc1)=NO. The number of benzene rings is 1. The van der Waals surface area contributed by atoms with Crippen LogP contribution in [-0.4, -0.2) is 17.6 Å². The number of nitrogens with two attached hydrogens (primary N) is 1. The molecular formula is C8H11ClFN3O. The molecule has 0 saturated heterocycles. The average molecular weight is 220 g/mol. The van der Waals surface area contributed by atoms with Gasteiger partial charge in [0, 0.05) is 5.69 Å². The Morgan fingerprint density at radius 2 is 2.00 bits per heavy atom. The van der Waals surface area contributed by atoms with E-state index >= 15 is 0 Å². The maximum atomic E-state index is 12.4. The van der Waals surface area contributed by atoms with Crippen molar-refractivity contribution in [3.8, 4) is 0 Å². The fourth-order valence-corrected chi connectivity index (χ4v) is 0.796. The highest BCUT2D eigenvalue weighted by atomic mass is 35.5. The number of halogens is 2. The van der Waals surface area contributed by atoms with E-state index in [2.05, 4.69) is 10.5 Å². The fraction of sp³-hybridized carbons (Fsp3) is 0.125. The Bertz CT molecular complexity index is 302. The maximum Gasteiger partial charge on any atom is 0.158 e. The highest BCUT2D eigenvalue weighted by Crippen LogP contribution is 2.07. The van der Waals surface area contributed by atoms with Gasteiger partial charge in [-0.25, -0.2) is 4.39 Å². The van der Waals surface area contributed by atoms with Crippen molar-refractivity contribution < 1.29 is 9.60 Å². The number of amidine groups is 1. The molecule has 1 rings (SSSR count). The molecule has 0 heterocycles. The first-order valence-corrected chi connectivity index (χ1v) is 3.68. The maximum absolute atomic E-state index is 12.4. The predicted octanol–water partition coefficient (Wildman–Crippen LogP) is 1.41. The number of nitrogens with zero attached hydrogens (tertiary/aromatic N) is 1. The molecule has 0 unspecified atom stereocenters. The number of oxime groups is 1. The van der Waals surface area contributed by atoms with E-state index in [0.717, 1.165) is 0 Å². The Hall–Kier alpha value is -1.49. The van der Waals surface area contributed by atoms with Crippen molar-refractivity contribution in [2.75, 3.05) is 11.9 Å². The van der Waals surface area contributed by atoms with Crippen LogP contribution in [0.5, 0.6) is 0 Å². The van der Waals surface area contributed by atoms with Gasteiger partial charge in [0.1, 0.15) is 5.82 Å². The summed E-state index contributed by atoms with van der Waals surface area (Å²) < 4.78 is 12.4. The van der Waals surface area contributed by atoms with Gasteiger partial charge in [0.15, 0.2) is 5.84 Å². The zero-order valence-corrected chi connectivity index (χ0v) is 8.09. The van der Waals surface area contributed by atoms with Crippen LogP contribution in [0.15, 0.2) is 29.4 Å². The van der Waals surface area contributed by atoms with E-state index in [-0.39, 0.29) is 30.6 Å². The molecule has 4 N–H and O–H groups in total. The van der Waals surface area contributed by atoms with Gasteiger partial charge in [0.05, 0.1) is 6.54 Å². The Balaban J connectivity index is 0.00000169. The normalized spacial score (nSPS) is 10.5. The van der Waals surface area contributed by atoms with E-state index in [0.29, 0.717) is 5.69 Å². The van der Waals surface area contributed by atoms with Crippen LogP contribution in [0.25, 0.3) is 0 Å². The van der Waals surface area contributed by atoms with Crippen LogP contribution in [0.4, 0.5) is 10.1 Å². The third-order valence-electron chi connectivity index (χ3n) is 1.45. The number of rotatable bonds is 3. The lowest BCUT2D eigenvalue weighted by atomic mass is 10.3. The Morgan fingerprint density at radius 3 is 2.50 bits per heavy atom. The second kappa shape index (κ2) is 6.04. The molecule has 6 heteroatoms. The third-order valence-corrected chi connectivity index (χ3v) is 1.45. The molecule has 0 aromatic heterocycles. The highest BCUT2D eigenvalue weighted by Gasteiger charge is 1.94. The smallest absolute Gasteiger partial charge is 0.158 e. The number of anilines is 1. The van der Waals surface area contributed by atoms with Gasteiger partial charge in [0.2, 0.25) is 0 Å². The first-order chi connectivity index (χ1) is 6.22. The van der Waals surface area contributed by atoms with Crippen molar-refractivity contribution in [3.63, 3.8) is 0 Å². The van der Waals surface area contributed by atoms with Gasteiger partial charge < -0.3 is 16.3 Å². The van der Waals surface area contributed by atoms with Gasteiger partial charge in [-0.1, -0.05) is 5.16 Å². The first-order valence-electron chi connectivity index (χ1n) is 3.68. The van der Waals surface area contributed by atoms with Gasteiger partial charge in [-0.05, 0) is 24.3 Å². The molecule has 0 bridgehead atoms. The number of hydrogen-bond donors (Lipinski definition) is 3. The lowest BCUT2D eigenvalue weighted by Crippen LogP contribution is -2.22. The molecule has 1 aromatic carbocycles. The van der Waals surface area contributed by atoms with Crippen LogP contribution in [0.1, 0.15) is 0 Å². The summed E-state index contributed by atoms with van der Waals surface area (Å²) in [5, 5.41) is 13.8. The van der Waals surface area contributed by atoms with Crippen molar-refractivity contribution in [2.24, 2.45) is 10.9 Å². The van der Waals surface area contributed by atoms with Crippen LogP contribution in [0.2, 0.25) is 0 Å². The van der Waals surface area contributed by atoms with Crippen LogP contribution in [0, 0.1) is 5.82 Å². The molecule has 0 radical (unpaired) electrons. The molecule has 14 heavy (non-hydrogen) atoms. The minimum Gasteiger partial charge on any atom is -0.409 e. The Morgan fingerprint density at radius 1 is 1.43 bits per heavy atom. The predicted molar refractivity (Wildman–Crippen MR) is 55.5 cm³/mol. The zero-order chi connectivity index (χ0) is 9.68. The molecule has 0 amide bonds. The summed E-state index contributed by atoms with van der Waals surface area (Å²) in [6, 6.07) is 5.79. The minimum absolute atomic E-state index is 0. The molecule has 0 saturated carbocycles. The first kappa shape index (κ1) is 12.5. The molecule has 0 aliphatic carbocycles. The van der Waals surface area contributed by atoms with Crippen LogP contribution in [-0.2, 0) is 0 Å². The Kier molecular flexibility index (Phi) is 5.40. The Labute approximate surface area is 87.0 Å². The average Bonchev–Trinajstić information content (AvgIpc) is 2.16. The fourth-order valence-electron chi connectivity index (χ4n) is 0.796. The van der Waals surface area contributed by atoms with Crippen LogP contribution in [0.3, 0.4) is 0 Å². The molecule has 78 valence electrons. The van der Waals surface area contributed by atoms with Crippen molar-refractivity contribution in [2.45, 2.75) is 0 Å². The molecule has 0 atom stereocenters. The highest BCUT2D eigenvalue weighted by molar-refractivity contribution is 5.85. The van der Waals surface area contributed by atoms with Crippen molar-refractivity contribution in [3.05, 3.63) is 30.1 Å². The van der Waals surface area contributed by atoms with Gasteiger partial charge in [-0.15, -0.1) is 12.4 Å². The summed E-state index contributed by atoms with van der Waals surface area (Å²) >= 11 is 0. The standard InChI is InChI=1S/C8H10FN3O.ClH/c9-6-1-3-7(4-2-6)11-5-8(10)12-13;/h1-4,11,13H,5H2,(H2,10,12);1H.